The van der Waals surface area contributed by atoms with Gasteiger partial charge in [-0.15, -0.1) is 23.5 Å². The molecule has 0 aromatic heterocycles. The fourth-order valence-electron chi connectivity index (χ4n) is 2.79. The van der Waals surface area contributed by atoms with Gasteiger partial charge >= 0.3 is 12.1 Å². The third-order valence-corrected chi connectivity index (χ3v) is 7.11. The van der Waals surface area contributed by atoms with Crippen molar-refractivity contribution in [2.75, 3.05) is 18.6 Å². The molecule has 110 valence electrons. The van der Waals surface area contributed by atoms with Gasteiger partial charge in [-0.25, -0.2) is 0 Å². The molecule has 0 N–H and O–H groups in total. The molecule has 0 radical (unpaired) electrons. The summed E-state index contributed by atoms with van der Waals surface area (Å²) in [6.45, 7) is 0. The zero-order chi connectivity index (χ0) is 14.1. The van der Waals surface area contributed by atoms with Gasteiger partial charge < -0.3 is 4.74 Å². The fraction of sp³-hybridized carbons (Fsp3) is 0.917. The quantitative estimate of drug-likeness (QED) is 0.689. The predicted molar refractivity (Wildman–Crippen MR) is 71.2 cm³/mol. The van der Waals surface area contributed by atoms with Crippen LogP contribution in [0.1, 0.15) is 25.7 Å². The summed E-state index contributed by atoms with van der Waals surface area (Å²) in [6.07, 6.45) is -2.70. The van der Waals surface area contributed by atoms with Gasteiger partial charge in [0.1, 0.15) is 0 Å². The summed E-state index contributed by atoms with van der Waals surface area (Å²) in [5.41, 5.74) is 0. The van der Waals surface area contributed by atoms with E-state index < -0.39 is 28.1 Å². The molecule has 1 aliphatic heterocycles. The number of carbonyl (C=O) groups excluding carboxylic acids is 1. The van der Waals surface area contributed by atoms with Crippen LogP contribution in [0, 0.1) is 11.8 Å². The summed E-state index contributed by atoms with van der Waals surface area (Å²) >= 11 is 3.19. The molecule has 0 aromatic carbocycles. The molecule has 0 aromatic rings. The highest BCUT2D eigenvalue weighted by Gasteiger charge is 2.53. The van der Waals surface area contributed by atoms with Crippen LogP contribution in [0.4, 0.5) is 13.2 Å². The number of halogens is 3. The number of thioether (sulfide) groups is 2. The van der Waals surface area contributed by atoms with E-state index in [1.54, 1.807) is 23.5 Å². The first-order chi connectivity index (χ1) is 8.86. The van der Waals surface area contributed by atoms with Gasteiger partial charge in [-0.1, -0.05) is 0 Å². The van der Waals surface area contributed by atoms with Crippen molar-refractivity contribution in [1.29, 1.82) is 0 Å². The Morgan fingerprint density at radius 2 is 1.89 bits per heavy atom. The predicted octanol–water partition coefficient (Wildman–Crippen LogP) is 3.70. The lowest BCUT2D eigenvalue weighted by atomic mass is 9.80. The Morgan fingerprint density at radius 1 is 1.26 bits per heavy atom. The van der Waals surface area contributed by atoms with E-state index in [0.29, 0.717) is 6.42 Å². The van der Waals surface area contributed by atoms with Crippen LogP contribution in [-0.4, -0.2) is 34.8 Å². The van der Waals surface area contributed by atoms with Gasteiger partial charge in [-0.3, -0.25) is 4.79 Å². The first kappa shape index (κ1) is 15.4. The van der Waals surface area contributed by atoms with E-state index in [1.807, 2.05) is 0 Å². The Morgan fingerprint density at radius 3 is 2.42 bits per heavy atom. The first-order valence-corrected chi connectivity index (χ1v) is 8.26. The van der Waals surface area contributed by atoms with E-state index in [1.165, 1.54) is 7.11 Å². The second-order valence-corrected chi connectivity index (χ2v) is 8.28. The van der Waals surface area contributed by atoms with Crippen molar-refractivity contribution >= 4 is 29.5 Å². The largest absolute Gasteiger partial charge is 0.469 e. The van der Waals surface area contributed by atoms with E-state index in [0.717, 1.165) is 17.9 Å². The Kier molecular flexibility index (Phi) is 4.65. The van der Waals surface area contributed by atoms with Crippen molar-refractivity contribution < 1.29 is 22.7 Å². The van der Waals surface area contributed by atoms with Crippen LogP contribution in [0.3, 0.4) is 0 Å². The summed E-state index contributed by atoms with van der Waals surface area (Å²) in [5.74, 6) is -0.747. The Balaban J connectivity index is 2.18. The van der Waals surface area contributed by atoms with Crippen LogP contribution >= 0.6 is 23.5 Å². The monoisotopic (exact) mass is 314 g/mol. The summed E-state index contributed by atoms with van der Waals surface area (Å²) in [6, 6.07) is 0. The lowest BCUT2D eigenvalue weighted by Crippen LogP contribution is -2.43. The van der Waals surface area contributed by atoms with E-state index in [-0.39, 0.29) is 12.8 Å². The minimum absolute atomic E-state index is 0.124. The van der Waals surface area contributed by atoms with Gasteiger partial charge in [-0.2, -0.15) is 13.2 Å². The van der Waals surface area contributed by atoms with Gasteiger partial charge in [0, 0.05) is 0 Å². The number of esters is 1. The number of carbonyl (C=O) groups is 1. The molecule has 2 rings (SSSR count). The Hall–Kier alpha value is -0.0400. The molecule has 7 heteroatoms. The zero-order valence-electron chi connectivity index (χ0n) is 10.7. The van der Waals surface area contributed by atoms with Crippen molar-refractivity contribution in [1.82, 2.24) is 0 Å². The van der Waals surface area contributed by atoms with Crippen LogP contribution in [0.15, 0.2) is 0 Å². The minimum Gasteiger partial charge on any atom is -0.469 e. The molecule has 0 unspecified atom stereocenters. The molecular formula is C12H17F3O2S2. The number of ether oxygens (including phenoxy) is 1. The molecule has 2 atom stereocenters. The van der Waals surface area contributed by atoms with E-state index in [2.05, 4.69) is 4.74 Å². The average molecular weight is 314 g/mol. The van der Waals surface area contributed by atoms with E-state index in [9.17, 15) is 18.0 Å². The SMILES string of the molecule is COC(=O)[C@@H]1C[C@@H](C(F)(F)F)CC2(C1)SCCCS2. The molecule has 2 fully saturated rings. The smallest absolute Gasteiger partial charge is 0.391 e. The van der Waals surface area contributed by atoms with Crippen molar-refractivity contribution in [2.45, 2.75) is 35.9 Å². The number of alkyl halides is 3. The minimum atomic E-state index is -4.22. The highest BCUT2D eigenvalue weighted by atomic mass is 32.2. The van der Waals surface area contributed by atoms with Crippen molar-refractivity contribution in [2.24, 2.45) is 11.8 Å². The van der Waals surface area contributed by atoms with E-state index >= 15 is 0 Å². The third kappa shape index (κ3) is 3.54. The summed E-state index contributed by atoms with van der Waals surface area (Å²) in [7, 11) is 1.24. The van der Waals surface area contributed by atoms with Crippen molar-refractivity contribution in [3.05, 3.63) is 0 Å². The average Bonchev–Trinajstić information content (AvgIpc) is 2.37. The molecule has 2 nitrogen and oxygen atoms in total. The Bertz CT molecular complexity index is 340. The maximum atomic E-state index is 13.0. The topological polar surface area (TPSA) is 26.3 Å². The molecule has 0 bridgehead atoms. The summed E-state index contributed by atoms with van der Waals surface area (Å²) in [5, 5.41) is 0. The summed E-state index contributed by atoms with van der Waals surface area (Å²) in [4.78, 5) is 11.7. The van der Waals surface area contributed by atoms with Crippen molar-refractivity contribution in [3.63, 3.8) is 0 Å². The molecule has 19 heavy (non-hydrogen) atoms. The number of rotatable bonds is 1. The maximum Gasteiger partial charge on any atom is 0.391 e. The molecular weight excluding hydrogens is 297 g/mol. The number of methoxy groups -OCH3 is 1. The number of hydrogen-bond donors (Lipinski definition) is 0. The molecule has 1 heterocycles. The van der Waals surface area contributed by atoms with Gasteiger partial charge in [-0.05, 0) is 37.2 Å². The molecule has 0 amide bonds. The standard InChI is InChI=1S/C12H17F3O2S2/c1-17-10(16)8-5-9(12(13,14)15)7-11(6-8)18-3-2-4-19-11/h8-9H,2-7H2,1H3/t8-,9-/m1/s1. The van der Waals surface area contributed by atoms with Crippen LogP contribution in [0.5, 0.6) is 0 Å². The highest BCUT2D eigenvalue weighted by Crippen LogP contribution is 2.57. The lowest BCUT2D eigenvalue weighted by molar-refractivity contribution is -0.188. The van der Waals surface area contributed by atoms with Crippen LogP contribution in [0.2, 0.25) is 0 Å². The lowest BCUT2D eigenvalue weighted by Gasteiger charge is -2.45. The molecule has 1 saturated carbocycles. The third-order valence-electron chi connectivity index (χ3n) is 3.70. The van der Waals surface area contributed by atoms with Gasteiger partial charge in [0.15, 0.2) is 0 Å². The van der Waals surface area contributed by atoms with Crippen LogP contribution < -0.4 is 0 Å². The highest BCUT2D eigenvalue weighted by molar-refractivity contribution is 8.18. The zero-order valence-corrected chi connectivity index (χ0v) is 12.3. The first-order valence-electron chi connectivity index (χ1n) is 6.29. The molecule has 1 aliphatic carbocycles. The van der Waals surface area contributed by atoms with Gasteiger partial charge in [0.25, 0.3) is 0 Å². The van der Waals surface area contributed by atoms with Gasteiger partial charge in [0.05, 0.1) is 23.0 Å². The Labute approximate surface area is 119 Å². The molecule has 2 aliphatic rings. The normalized spacial score (nSPS) is 31.2. The second kappa shape index (κ2) is 5.76. The van der Waals surface area contributed by atoms with Crippen LogP contribution in [0.25, 0.3) is 0 Å². The second-order valence-electron chi connectivity index (χ2n) is 5.06. The van der Waals surface area contributed by atoms with Crippen molar-refractivity contribution in [3.8, 4) is 0 Å². The van der Waals surface area contributed by atoms with Crippen LogP contribution in [-0.2, 0) is 9.53 Å². The maximum absolute atomic E-state index is 13.0. The molecule has 1 saturated heterocycles. The fourth-order valence-corrected chi connectivity index (χ4v) is 6.41. The number of hydrogen-bond acceptors (Lipinski definition) is 4. The summed E-state index contributed by atoms with van der Waals surface area (Å²) < 4.78 is 43.4. The van der Waals surface area contributed by atoms with Gasteiger partial charge in [0.2, 0.25) is 0 Å². The van der Waals surface area contributed by atoms with E-state index in [4.69, 9.17) is 0 Å². The molecule has 1 spiro atoms.